The Labute approximate surface area is 90.5 Å². The highest BCUT2D eigenvalue weighted by Crippen LogP contribution is 2.21. The van der Waals surface area contributed by atoms with Crippen LogP contribution in [-0.2, 0) is 0 Å². The predicted octanol–water partition coefficient (Wildman–Crippen LogP) is 3.04. The second-order valence-corrected chi connectivity index (χ2v) is 5.18. The maximum Gasteiger partial charge on any atom is 0.261 e. The van der Waals surface area contributed by atoms with E-state index in [-0.39, 0.29) is 5.91 Å². The van der Waals surface area contributed by atoms with Gasteiger partial charge in [0, 0.05) is 6.54 Å². The zero-order chi connectivity index (χ0) is 9.68. The van der Waals surface area contributed by atoms with Crippen molar-refractivity contribution in [1.82, 2.24) is 5.32 Å². The molecule has 1 amide bonds. The van der Waals surface area contributed by atoms with Crippen LogP contribution < -0.4 is 5.32 Å². The third-order valence-corrected chi connectivity index (χ3v) is 3.24. The van der Waals surface area contributed by atoms with Crippen molar-refractivity contribution in [2.24, 2.45) is 0 Å². The zero-order valence-electron chi connectivity index (χ0n) is 7.47. The SMILES string of the molecule is CCCCNC(=O)c1ccc(Br)s1. The van der Waals surface area contributed by atoms with E-state index in [1.54, 1.807) is 0 Å². The third-order valence-electron chi connectivity index (χ3n) is 1.61. The molecule has 0 aliphatic heterocycles. The molecule has 1 rings (SSSR count). The van der Waals surface area contributed by atoms with Crippen molar-refractivity contribution in [2.45, 2.75) is 19.8 Å². The summed E-state index contributed by atoms with van der Waals surface area (Å²) in [5.41, 5.74) is 0. The first kappa shape index (κ1) is 10.7. The molecule has 0 fully saturated rings. The summed E-state index contributed by atoms with van der Waals surface area (Å²) in [5.74, 6) is 0.0316. The Kier molecular flexibility index (Phi) is 4.45. The van der Waals surface area contributed by atoms with Crippen molar-refractivity contribution < 1.29 is 4.79 Å². The Bertz CT molecular complexity index is 285. The van der Waals surface area contributed by atoms with Gasteiger partial charge in [-0.15, -0.1) is 11.3 Å². The van der Waals surface area contributed by atoms with Gasteiger partial charge in [-0.2, -0.15) is 0 Å². The van der Waals surface area contributed by atoms with Crippen LogP contribution in [0.3, 0.4) is 0 Å². The van der Waals surface area contributed by atoms with Gasteiger partial charge >= 0.3 is 0 Å². The normalized spacial score (nSPS) is 10.0. The lowest BCUT2D eigenvalue weighted by Gasteiger charge is -2.00. The maximum absolute atomic E-state index is 11.4. The molecule has 0 aliphatic rings. The van der Waals surface area contributed by atoms with E-state index in [1.807, 2.05) is 12.1 Å². The van der Waals surface area contributed by atoms with Gasteiger partial charge in [0.25, 0.3) is 5.91 Å². The van der Waals surface area contributed by atoms with Gasteiger partial charge in [-0.3, -0.25) is 4.79 Å². The fourth-order valence-electron chi connectivity index (χ4n) is 0.902. The maximum atomic E-state index is 11.4. The van der Waals surface area contributed by atoms with Crippen LogP contribution in [0, 0.1) is 0 Å². The molecule has 0 aliphatic carbocycles. The monoisotopic (exact) mass is 261 g/mol. The number of hydrogen-bond acceptors (Lipinski definition) is 2. The van der Waals surface area contributed by atoms with Crippen LogP contribution in [-0.4, -0.2) is 12.5 Å². The summed E-state index contributed by atoms with van der Waals surface area (Å²) in [7, 11) is 0. The highest BCUT2D eigenvalue weighted by molar-refractivity contribution is 9.11. The fraction of sp³-hybridized carbons (Fsp3) is 0.444. The summed E-state index contributed by atoms with van der Waals surface area (Å²) in [6.07, 6.45) is 2.15. The number of nitrogens with one attached hydrogen (secondary N) is 1. The Balaban J connectivity index is 2.40. The first-order chi connectivity index (χ1) is 6.24. The average molecular weight is 262 g/mol. The molecule has 1 aromatic rings. The van der Waals surface area contributed by atoms with Crippen LogP contribution in [0.4, 0.5) is 0 Å². The lowest BCUT2D eigenvalue weighted by atomic mass is 10.3. The third kappa shape index (κ3) is 3.48. The Hall–Kier alpha value is -0.350. The summed E-state index contributed by atoms with van der Waals surface area (Å²) >= 11 is 4.78. The number of hydrogen-bond donors (Lipinski definition) is 1. The Morgan fingerprint density at radius 1 is 1.62 bits per heavy atom. The molecule has 13 heavy (non-hydrogen) atoms. The van der Waals surface area contributed by atoms with E-state index in [4.69, 9.17) is 0 Å². The van der Waals surface area contributed by atoms with Crippen molar-refractivity contribution in [2.75, 3.05) is 6.54 Å². The lowest BCUT2D eigenvalue weighted by molar-refractivity contribution is 0.0957. The van der Waals surface area contributed by atoms with Gasteiger partial charge in [-0.1, -0.05) is 13.3 Å². The topological polar surface area (TPSA) is 29.1 Å². The van der Waals surface area contributed by atoms with Crippen LogP contribution in [0.15, 0.2) is 15.9 Å². The lowest BCUT2D eigenvalue weighted by Crippen LogP contribution is -2.23. The smallest absolute Gasteiger partial charge is 0.261 e. The summed E-state index contributed by atoms with van der Waals surface area (Å²) in [6, 6.07) is 3.72. The molecule has 0 radical (unpaired) electrons. The van der Waals surface area contributed by atoms with E-state index >= 15 is 0 Å². The number of amides is 1. The first-order valence-corrected chi connectivity index (χ1v) is 5.88. The number of carbonyl (C=O) groups is 1. The van der Waals surface area contributed by atoms with Crippen molar-refractivity contribution in [3.05, 3.63) is 20.8 Å². The molecule has 4 heteroatoms. The largest absolute Gasteiger partial charge is 0.351 e. The second kappa shape index (κ2) is 5.40. The summed E-state index contributed by atoms with van der Waals surface area (Å²) in [5, 5.41) is 2.86. The van der Waals surface area contributed by atoms with Crippen LogP contribution in [0.5, 0.6) is 0 Å². The molecule has 1 heterocycles. The van der Waals surface area contributed by atoms with E-state index in [0.717, 1.165) is 28.0 Å². The van der Waals surface area contributed by atoms with E-state index in [9.17, 15) is 4.79 Å². The molecule has 2 nitrogen and oxygen atoms in total. The molecule has 0 spiro atoms. The minimum Gasteiger partial charge on any atom is -0.351 e. The van der Waals surface area contributed by atoms with Gasteiger partial charge in [0.2, 0.25) is 0 Å². The van der Waals surface area contributed by atoms with Crippen LogP contribution >= 0.6 is 27.3 Å². The van der Waals surface area contributed by atoms with Gasteiger partial charge in [0.1, 0.15) is 0 Å². The van der Waals surface area contributed by atoms with E-state index in [0.29, 0.717) is 0 Å². The molecule has 0 bridgehead atoms. The Morgan fingerprint density at radius 3 is 2.92 bits per heavy atom. The highest BCUT2D eigenvalue weighted by atomic mass is 79.9. The fourth-order valence-corrected chi connectivity index (χ4v) is 2.20. The zero-order valence-corrected chi connectivity index (χ0v) is 9.87. The van der Waals surface area contributed by atoms with E-state index in [1.165, 1.54) is 11.3 Å². The minimum absolute atomic E-state index is 0.0316. The molecule has 1 N–H and O–H groups in total. The molecule has 0 saturated carbocycles. The van der Waals surface area contributed by atoms with Gasteiger partial charge in [0.05, 0.1) is 8.66 Å². The molecular formula is C9H12BrNOS. The summed E-state index contributed by atoms with van der Waals surface area (Å²) < 4.78 is 0.994. The van der Waals surface area contributed by atoms with Gasteiger partial charge in [-0.25, -0.2) is 0 Å². The van der Waals surface area contributed by atoms with Crippen molar-refractivity contribution in [1.29, 1.82) is 0 Å². The van der Waals surface area contributed by atoms with Crippen molar-refractivity contribution >= 4 is 33.2 Å². The second-order valence-electron chi connectivity index (χ2n) is 2.71. The molecule has 72 valence electrons. The summed E-state index contributed by atoms with van der Waals surface area (Å²) in [4.78, 5) is 12.2. The Morgan fingerprint density at radius 2 is 2.38 bits per heavy atom. The predicted molar refractivity (Wildman–Crippen MR) is 59.3 cm³/mol. The van der Waals surface area contributed by atoms with Crippen LogP contribution in [0.25, 0.3) is 0 Å². The quantitative estimate of drug-likeness (QED) is 0.830. The van der Waals surface area contributed by atoms with Crippen molar-refractivity contribution in [3.8, 4) is 0 Å². The number of rotatable bonds is 4. The van der Waals surface area contributed by atoms with Gasteiger partial charge in [0.15, 0.2) is 0 Å². The van der Waals surface area contributed by atoms with E-state index in [2.05, 4.69) is 28.2 Å². The molecule has 0 unspecified atom stereocenters. The summed E-state index contributed by atoms with van der Waals surface area (Å²) in [6.45, 7) is 2.87. The van der Waals surface area contributed by atoms with Crippen LogP contribution in [0.1, 0.15) is 29.4 Å². The standard InChI is InChI=1S/C9H12BrNOS/c1-2-3-6-11-9(12)7-4-5-8(10)13-7/h4-5H,2-3,6H2,1H3,(H,11,12). The van der Waals surface area contributed by atoms with Crippen LogP contribution in [0.2, 0.25) is 0 Å². The molecule has 1 aromatic heterocycles. The minimum atomic E-state index is 0.0316. The number of thiophene rings is 1. The van der Waals surface area contributed by atoms with E-state index < -0.39 is 0 Å². The molecular weight excluding hydrogens is 250 g/mol. The number of halogens is 1. The first-order valence-electron chi connectivity index (χ1n) is 4.27. The highest BCUT2D eigenvalue weighted by Gasteiger charge is 2.06. The van der Waals surface area contributed by atoms with Crippen molar-refractivity contribution in [3.63, 3.8) is 0 Å². The molecule has 0 saturated heterocycles. The number of unbranched alkanes of at least 4 members (excludes halogenated alkanes) is 1. The molecule has 0 aromatic carbocycles. The molecule has 0 atom stereocenters. The average Bonchev–Trinajstić information content (AvgIpc) is 2.52. The van der Waals surface area contributed by atoms with Gasteiger partial charge < -0.3 is 5.32 Å². The van der Waals surface area contributed by atoms with Gasteiger partial charge in [-0.05, 0) is 34.5 Å². The number of carbonyl (C=O) groups excluding carboxylic acids is 1.